The van der Waals surface area contributed by atoms with Crippen molar-refractivity contribution in [2.45, 2.75) is 54.1 Å². The van der Waals surface area contributed by atoms with Gasteiger partial charge >= 0.3 is 0 Å². The van der Waals surface area contributed by atoms with Crippen LogP contribution in [0.2, 0.25) is 0 Å². The fourth-order valence-electron chi connectivity index (χ4n) is 2.79. The minimum Gasteiger partial charge on any atom is -0.465 e. The topological polar surface area (TPSA) is 68.2 Å². The molecule has 2 aromatic carbocycles. The number of ether oxygens (including phenoxy) is 3. The molecule has 0 aromatic heterocycles. The smallest absolute Gasteiger partial charge is 0.194 e. The zero-order valence-electron chi connectivity index (χ0n) is 15.6. The normalized spacial score (nSPS) is 13.3. The van der Waals surface area contributed by atoms with E-state index in [1.165, 1.54) is 0 Å². The largest absolute Gasteiger partial charge is 0.465 e. The molecular weight excluding hydrogens is 320 g/mol. The minimum absolute atomic E-state index is 0.662. The predicted octanol–water partition coefficient (Wildman–Crippen LogP) is 4.15. The van der Waals surface area contributed by atoms with E-state index in [1.54, 1.807) is 13.8 Å². The number of hydrogen-bond donors (Lipinski definition) is 2. The molecule has 2 N–H and O–H groups in total. The van der Waals surface area contributed by atoms with Gasteiger partial charge < -0.3 is 24.4 Å². The molecule has 2 atom stereocenters. The number of aliphatic hydroxyl groups is 2. The van der Waals surface area contributed by atoms with Crippen LogP contribution in [0.15, 0.2) is 24.3 Å². The van der Waals surface area contributed by atoms with E-state index in [9.17, 15) is 10.2 Å². The molecule has 0 aliphatic rings. The second-order valence-corrected chi connectivity index (χ2v) is 6.31. The lowest BCUT2D eigenvalue weighted by Crippen LogP contribution is -2.11. The van der Waals surface area contributed by atoms with Crippen molar-refractivity contribution in [2.24, 2.45) is 0 Å². The van der Waals surface area contributed by atoms with Gasteiger partial charge in [-0.3, -0.25) is 0 Å². The summed E-state index contributed by atoms with van der Waals surface area (Å²) >= 11 is 0. The van der Waals surface area contributed by atoms with Crippen molar-refractivity contribution in [3.63, 3.8) is 0 Å². The zero-order valence-corrected chi connectivity index (χ0v) is 15.6. The summed E-state index contributed by atoms with van der Waals surface area (Å²) in [7, 11) is 0. The van der Waals surface area contributed by atoms with Gasteiger partial charge in [-0.25, -0.2) is 0 Å². The molecule has 2 rings (SSSR count). The van der Waals surface area contributed by atoms with Gasteiger partial charge in [0.15, 0.2) is 12.6 Å². The lowest BCUT2D eigenvalue weighted by atomic mass is 10.1. The lowest BCUT2D eigenvalue weighted by Gasteiger charge is -2.18. The van der Waals surface area contributed by atoms with Crippen LogP contribution in [0.1, 0.15) is 36.1 Å². The molecule has 0 saturated carbocycles. The van der Waals surface area contributed by atoms with Crippen LogP contribution in [0.4, 0.5) is 0 Å². The first-order chi connectivity index (χ1) is 11.7. The van der Waals surface area contributed by atoms with E-state index in [-0.39, 0.29) is 0 Å². The van der Waals surface area contributed by atoms with E-state index in [0.29, 0.717) is 23.0 Å². The van der Waals surface area contributed by atoms with Crippen LogP contribution in [-0.2, 0) is 0 Å². The summed E-state index contributed by atoms with van der Waals surface area (Å²) in [4.78, 5) is 0. The molecule has 0 spiro atoms. The Morgan fingerprint density at radius 1 is 0.640 bits per heavy atom. The summed E-state index contributed by atoms with van der Waals surface area (Å²) in [5, 5.41) is 18.9. The van der Waals surface area contributed by atoms with E-state index in [4.69, 9.17) is 14.2 Å². The Kier molecular flexibility index (Phi) is 5.93. The van der Waals surface area contributed by atoms with E-state index in [2.05, 4.69) is 0 Å². The maximum Gasteiger partial charge on any atom is 0.194 e. The van der Waals surface area contributed by atoms with Crippen molar-refractivity contribution >= 4 is 0 Å². The maximum absolute atomic E-state index is 9.43. The van der Waals surface area contributed by atoms with Gasteiger partial charge in [-0.05, 0) is 88.1 Å². The van der Waals surface area contributed by atoms with Crippen LogP contribution in [0.5, 0.6) is 23.0 Å². The van der Waals surface area contributed by atoms with Gasteiger partial charge in [0.2, 0.25) is 0 Å². The third-order valence-electron chi connectivity index (χ3n) is 3.68. The molecule has 5 nitrogen and oxygen atoms in total. The van der Waals surface area contributed by atoms with Crippen molar-refractivity contribution < 1.29 is 24.4 Å². The van der Waals surface area contributed by atoms with Crippen molar-refractivity contribution in [2.75, 3.05) is 0 Å². The fourth-order valence-corrected chi connectivity index (χ4v) is 2.79. The average molecular weight is 346 g/mol. The Labute approximate surface area is 148 Å². The van der Waals surface area contributed by atoms with Crippen LogP contribution < -0.4 is 14.2 Å². The molecule has 2 unspecified atom stereocenters. The molecule has 25 heavy (non-hydrogen) atoms. The van der Waals surface area contributed by atoms with Crippen LogP contribution in [0.3, 0.4) is 0 Å². The van der Waals surface area contributed by atoms with Crippen LogP contribution in [-0.4, -0.2) is 22.8 Å². The standard InChI is InChI=1S/C20H26O5/c1-11-7-17(8-12(2)19(11)23-15(5)21)25-18-9-13(3)20(14(4)10-18)24-16(6)22/h7-10,15-16,21-22H,1-6H3. The number of aryl methyl sites for hydroxylation is 4. The molecule has 2 aromatic rings. The van der Waals surface area contributed by atoms with E-state index >= 15 is 0 Å². The molecule has 0 amide bonds. The van der Waals surface area contributed by atoms with Gasteiger partial charge in [0.1, 0.15) is 23.0 Å². The Bertz CT molecular complexity index is 640. The number of aliphatic hydroxyl groups excluding tert-OH is 2. The fraction of sp³-hybridized carbons (Fsp3) is 0.400. The first-order valence-corrected chi connectivity index (χ1v) is 8.27. The first kappa shape index (κ1) is 19.1. The highest BCUT2D eigenvalue weighted by atomic mass is 16.6. The number of hydrogen-bond acceptors (Lipinski definition) is 5. The third-order valence-corrected chi connectivity index (χ3v) is 3.68. The van der Waals surface area contributed by atoms with Crippen molar-refractivity contribution in [1.29, 1.82) is 0 Å². The van der Waals surface area contributed by atoms with Crippen LogP contribution in [0, 0.1) is 27.7 Å². The summed E-state index contributed by atoms with van der Waals surface area (Å²) < 4.78 is 16.8. The molecule has 0 bridgehead atoms. The Morgan fingerprint density at radius 3 is 1.16 bits per heavy atom. The summed E-state index contributed by atoms with van der Waals surface area (Å²) in [5.74, 6) is 2.71. The molecule has 0 fully saturated rings. The molecule has 0 aliphatic carbocycles. The van der Waals surface area contributed by atoms with E-state index in [1.807, 2.05) is 52.0 Å². The molecule has 0 heterocycles. The Hall–Kier alpha value is -2.24. The highest BCUT2D eigenvalue weighted by Gasteiger charge is 2.13. The average Bonchev–Trinajstić information content (AvgIpc) is 2.46. The van der Waals surface area contributed by atoms with Gasteiger partial charge in [-0.15, -0.1) is 0 Å². The number of rotatable bonds is 6. The number of benzene rings is 2. The van der Waals surface area contributed by atoms with Gasteiger partial charge in [0.25, 0.3) is 0 Å². The van der Waals surface area contributed by atoms with E-state index in [0.717, 1.165) is 22.3 Å². The summed E-state index contributed by atoms with van der Waals surface area (Å²) in [5.41, 5.74) is 3.55. The SMILES string of the molecule is Cc1cc(Oc2cc(C)c(OC(C)O)c(C)c2)cc(C)c1OC(C)O. The Morgan fingerprint density at radius 2 is 0.920 bits per heavy atom. The van der Waals surface area contributed by atoms with E-state index < -0.39 is 12.6 Å². The second-order valence-electron chi connectivity index (χ2n) is 6.31. The summed E-state index contributed by atoms with van der Waals surface area (Å²) in [6.45, 7) is 10.8. The highest BCUT2D eigenvalue weighted by Crippen LogP contribution is 2.34. The van der Waals surface area contributed by atoms with Crippen molar-refractivity contribution in [3.05, 3.63) is 46.5 Å². The third kappa shape index (κ3) is 4.87. The molecule has 5 heteroatoms. The monoisotopic (exact) mass is 346 g/mol. The van der Waals surface area contributed by atoms with Gasteiger partial charge in [0, 0.05) is 0 Å². The molecule has 136 valence electrons. The lowest BCUT2D eigenvalue weighted by molar-refractivity contribution is -0.00184. The zero-order chi connectivity index (χ0) is 18.7. The molecule has 0 saturated heterocycles. The van der Waals surface area contributed by atoms with Crippen molar-refractivity contribution in [3.8, 4) is 23.0 Å². The molecule has 0 aliphatic heterocycles. The van der Waals surface area contributed by atoms with Gasteiger partial charge in [-0.2, -0.15) is 0 Å². The van der Waals surface area contributed by atoms with Crippen LogP contribution in [0.25, 0.3) is 0 Å². The first-order valence-electron chi connectivity index (χ1n) is 8.27. The quantitative estimate of drug-likeness (QED) is 0.769. The summed E-state index contributed by atoms with van der Waals surface area (Å²) in [6, 6.07) is 7.48. The van der Waals surface area contributed by atoms with Crippen molar-refractivity contribution in [1.82, 2.24) is 0 Å². The highest BCUT2D eigenvalue weighted by molar-refractivity contribution is 5.50. The Balaban J connectivity index is 2.28. The molecule has 0 radical (unpaired) electrons. The van der Waals surface area contributed by atoms with Gasteiger partial charge in [-0.1, -0.05) is 0 Å². The predicted molar refractivity (Wildman–Crippen MR) is 96.5 cm³/mol. The summed E-state index contributed by atoms with van der Waals surface area (Å²) in [6.07, 6.45) is -1.73. The maximum atomic E-state index is 9.43. The molecular formula is C20H26O5. The van der Waals surface area contributed by atoms with Gasteiger partial charge in [0.05, 0.1) is 0 Å². The second kappa shape index (κ2) is 7.76. The van der Waals surface area contributed by atoms with Crippen LogP contribution >= 0.6 is 0 Å². The minimum atomic E-state index is -0.865.